The van der Waals surface area contributed by atoms with Crippen LogP contribution in [0.5, 0.6) is 0 Å². The number of pyridine rings is 1. The summed E-state index contributed by atoms with van der Waals surface area (Å²) in [4.78, 5) is 16.6. The molecule has 0 aliphatic heterocycles. The molecule has 0 aliphatic rings. The Kier molecular flexibility index (Phi) is 3.22. The van der Waals surface area contributed by atoms with E-state index in [1.54, 1.807) is 30.6 Å². The predicted molar refractivity (Wildman–Crippen MR) is 61.8 cm³/mol. The third-order valence-corrected chi connectivity index (χ3v) is 3.08. The summed E-state index contributed by atoms with van der Waals surface area (Å²) >= 11 is 1.42. The maximum Gasteiger partial charge on any atom is 0.336 e. The molecule has 1 aromatic carbocycles. The lowest BCUT2D eigenvalue weighted by atomic mass is 10.2. The van der Waals surface area contributed by atoms with Crippen LogP contribution >= 0.6 is 11.8 Å². The van der Waals surface area contributed by atoms with Gasteiger partial charge < -0.3 is 5.11 Å². The van der Waals surface area contributed by atoms with Gasteiger partial charge >= 0.3 is 5.97 Å². The van der Waals surface area contributed by atoms with Crippen molar-refractivity contribution in [3.05, 3.63) is 54.4 Å². The monoisotopic (exact) mass is 231 g/mol. The smallest absolute Gasteiger partial charge is 0.336 e. The molecule has 0 bridgehead atoms. The molecule has 80 valence electrons. The number of carboxylic acids is 1. The van der Waals surface area contributed by atoms with Crippen LogP contribution in [0, 0.1) is 0 Å². The molecule has 1 aromatic heterocycles. The van der Waals surface area contributed by atoms with E-state index < -0.39 is 5.97 Å². The van der Waals surface area contributed by atoms with Crippen molar-refractivity contribution in [2.45, 2.75) is 9.79 Å². The molecular weight excluding hydrogens is 222 g/mol. The molecule has 1 heterocycles. The van der Waals surface area contributed by atoms with E-state index in [2.05, 4.69) is 4.98 Å². The van der Waals surface area contributed by atoms with Gasteiger partial charge in [0.05, 0.1) is 5.56 Å². The van der Waals surface area contributed by atoms with E-state index in [9.17, 15) is 4.79 Å². The lowest BCUT2D eigenvalue weighted by molar-refractivity contribution is 0.0693. The maximum absolute atomic E-state index is 11.0. The fourth-order valence-electron chi connectivity index (χ4n) is 1.27. The summed E-state index contributed by atoms with van der Waals surface area (Å²) in [5.41, 5.74) is 0.323. The molecule has 0 saturated heterocycles. The summed E-state index contributed by atoms with van der Waals surface area (Å²) in [5.74, 6) is -0.905. The highest BCUT2D eigenvalue weighted by atomic mass is 32.2. The lowest BCUT2D eigenvalue weighted by Gasteiger charge is -2.04. The summed E-state index contributed by atoms with van der Waals surface area (Å²) < 4.78 is 0. The molecule has 0 radical (unpaired) electrons. The van der Waals surface area contributed by atoms with Crippen LogP contribution in [0.15, 0.2) is 58.6 Å². The van der Waals surface area contributed by atoms with Crippen molar-refractivity contribution in [3.63, 3.8) is 0 Å². The van der Waals surface area contributed by atoms with Gasteiger partial charge in [0.2, 0.25) is 0 Å². The standard InChI is InChI=1S/C12H9NO2S/c14-12(15)10-3-1-2-4-11(10)16-9-5-7-13-8-6-9/h1-8H,(H,14,15). The van der Waals surface area contributed by atoms with E-state index in [0.29, 0.717) is 5.56 Å². The number of carboxylic acid groups (broad SMARTS) is 1. The number of hydrogen-bond acceptors (Lipinski definition) is 3. The molecule has 0 unspecified atom stereocenters. The molecule has 0 spiro atoms. The Morgan fingerprint density at radius 1 is 1.12 bits per heavy atom. The highest BCUT2D eigenvalue weighted by Crippen LogP contribution is 2.29. The number of nitrogens with zero attached hydrogens (tertiary/aromatic N) is 1. The van der Waals surface area contributed by atoms with Crippen molar-refractivity contribution in [1.29, 1.82) is 0 Å². The second-order valence-electron chi connectivity index (χ2n) is 3.09. The number of hydrogen-bond donors (Lipinski definition) is 1. The molecule has 0 amide bonds. The zero-order valence-electron chi connectivity index (χ0n) is 8.33. The average Bonchev–Trinajstić information content (AvgIpc) is 2.31. The minimum absolute atomic E-state index is 0.323. The second-order valence-corrected chi connectivity index (χ2v) is 4.20. The number of aromatic nitrogens is 1. The SMILES string of the molecule is O=C(O)c1ccccc1Sc1ccncc1. The quantitative estimate of drug-likeness (QED) is 0.882. The first kappa shape index (κ1) is 10.7. The first-order chi connectivity index (χ1) is 7.77. The molecule has 0 atom stereocenters. The Morgan fingerprint density at radius 3 is 2.50 bits per heavy atom. The van der Waals surface area contributed by atoms with E-state index in [1.807, 2.05) is 18.2 Å². The molecule has 16 heavy (non-hydrogen) atoms. The Labute approximate surface area is 97.2 Å². The molecule has 2 aromatic rings. The maximum atomic E-state index is 11.0. The van der Waals surface area contributed by atoms with Gasteiger partial charge in [-0.15, -0.1) is 0 Å². The Bertz CT molecular complexity index is 499. The number of aromatic carboxylic acids is 1. The van der Waals surface area contributed by atoms with Crippen LogP contribution < -0.4 is 0 Å². The van der Waals surface area contributed by atoms with Crippen LogP contribution in [0.3, 0.4) is 0 Å². The molecule has 2 rings (SSSR count). The van der Waals surface area contributed by atoms with Crippen LogP contribution in [0.4, 0.5) is 0 Å². The van der Waals surface area contributed by atoms with Crippen molar-refractivity contribution in [2.24, 2.45) is 0 Å². The predicted octanol–water partition coefficient (Wildman–Crippen LogP) is 2.93. The second kappa shape index (κ2) is 4.81. The third kappa shape index (κ3) is 2.41. The van der Waals surface area contributed by atoms with Gasteiger partial charge in [-0.2, -0.15) is 0 Å². The third-order valence-electron chi connectivity index (χ3n) is 2.00. The largest absolute Gasteiger partial charge is 0.478 e. The molecule has 0 saturated carbocycles. The summed E-state index contributed by atoms with van der Waals surface area (Å²) in [5, 5.41) is 9.02. The Hall–Kier alpha value is -1.81. The molecule has 0 aliphatic carbocycles. The minimum Gasteiger partial charge on any atom is -0.478 e. The minimum atomic E-state index is -0.905. The molecule has 0 fully saturated rings. The summed E-state index contributed by atoms with van der Waals surface area (Å²) in [6, 6.07) is 10.7. The van der Waals surface area contributed by atoms with Gasteiger partial charge in [0.1, 0.15) is 0 Å². The van der Waals surface area contributed by atoms with Crippen LogP contribution in [-0.4, -0.2) is 16.1 Å². The van der Waals surface area contributed by atoms with Gasteiger partial charge in [-0.05, 0) is 24.3 Å². The van der Waals surface area contributed by atoms with E-state index >= 15 is 0 Å². The zero-order valence-corrected chi connectivity index (χ0v) is 9.15. The van der Waals surface area contributed by atoms with Gasteiger partial charge in [-0.25, -0.2) is 4.79 Å². The van der Waals surface area contributed by atoms with Gasteiger partial charge in [0.25, 0.3) is 0 Å². The highest BCUT2D eigenvalue weighted by molar-refractivity contribution is 7.99. The Morgan fingerprint density at radius 2 is 1.81 bits per heavy atom. The number of benzene rings is 1. The van der Waals surface area contributed by atoms with Crippen molar-refractivity contribution in [3.8, 4) is 0 Å². The number of carbonyl (C=O) groups is 1. The summed E-state index contributed by atoms with van der Waals surface area (Å²) in [6.45, 7) is 0. The fraction of sp³-hybridized carbons (Fsp3) is 0. The van der Waals surface area contributed by atoms with Gasteiger partial charge in [-0.1, -0.05) is 23.9 Å². The van der Waals surface area contributed by atoms with Gasteiger partial charge in [0, 0.05) is 22.2 Å². The highest BCUT2D eigenvalue weighted by Gasteiger charge is 2.09. The first-order valence-electron chi connectivity index (χ1n) is 4.67. The van der Waals surface area contributed by atoms with E-state index in [1.165, 1.54) is 11.8 Å². The van der Waals surface area contributed by atoms with Crippen LogP contribution in [0.2, 0.25) is 0 Å². The zero-order chi connectivity index (χ0) is 11.4. The van der Waals surface area contributed by atoms with Crippen molar-refractivity contribution in [1.82, 2.24) is 4.98 Å². The van der Waals surface area contributed by atoms with Crippen molar-refractivity contribution < 1.29 is 9.90 Å². The average molecular weight is 231 g/mol. The summed E-state index contributed by atoms with van der Waals surface area (Å²) in [7, 11) is 0. The summed E-state index contributed by atoms with van der Waals surface area (Å²) in [6.07, 6.45) is 3.37. The van der Waals surface area contributed by atoms with E-state index in [-0.39, 0.29) is 0 Å². The molecule has 3 nitrogen and oxygen atoms in total. The van der Waals surface area contributed by atoms with Crippen molar-refractivity contribution in [2.75, 3.05) is 0 Å². The lowest BCUT2D eigenvalue weighted by Crippen LogP contribution is -1.97. The molecular formula is C12H9NO2S. The van der Waals surface area contributed by atoms with Gasteiger partial charge in [-0.3, -0.25) is 4.98 Å². The van der Waals surface area contributed by atoms with Crippen LogP contribution in [0.1, 0.15) is 10.4 Å². The van der Waals surface area contributed by atoms with Crippen molar-refractivity contribution >= 4 is 17.7 Å². The van der Waals surface area contributed by atoms with E-state index in [0.717, 1.165) is 9.79 Å². The molecule has 4 heteroatoms. The van der Waals surface area contributed by atoms with Crippen LogP contribution in [-0.2, 0) is 0 Å². The van der Waals surface area contributed by atoms with E-state index in [4.69, 9.17) is 5.11 Å². The number of rotatable bonds is 3. The van der Waals surface area contributed by atoms with Crippen LogP contribution in [0.25, 0.3) is 0 Å². The first-order valence-corrected chi connectivity index (χ1v) is 5.49. The fourth-order valence-corrected chi connectivity index (χ4v) is 2.19. The normalized spacial score (nSPS) is 10.0. The molecule has 1 N–H and O–H groups in total. The Balaban J connectivity index is 2.31. The van der Waals surface area contributed by atoms with Gasteiger partial charge in [0.15, 0.2) is 0 Å². The topological polar surface area (TPSA) is 50.2 Å².